The minimum absolute atomic E-state index is 0.156. The van der Waals surface area contributed by atoms with Crippen molar-refractivity contribution in [3.63, 3.8) is 0 Å². The maximum Gasteiger partial charge on any atom is 0.297 e. The second kappa shape index (κ2) is 6.68. The molecular formula is C13H18O4S. The van der Waals surface area contributed by atoms with Gasteiger partial charge in [-0.3, -0.25) is 4.18 Å². The number of benzene rings is 1. The highest BCUT2D eigenvalue weighted by Crippen LogP contribution is 2.15. The topological polar surface area (TPSA) is 52.6 Å². The van der Waals surface area contributed by atoms with Gasteiger partial charge in [0.05, 0.1) is 24.2 Å². The Balaban J connectivity index is 2.64. The van der Waals surface area contributed by atoms with Gasteiger partial charge in [-0.2, -0.15) is 8.42 Å². The molecule has 0 N–H and O–H groups in total. The van der Waals surface area contributed by atoms with Gasteiger partial charge in [0.1, 0.15) is 0 Å². The molecule has 0 aromatic heterocycles. The molecule has 0 radical (unpaired) electrons. The lowest BCUT2D eigenvalue weighted by Gasteiger charge is -2.12. The fraction of sp³-hybridized carbons (Fsp3) is 0.385. The standard InChI is InChI=1S/C13H18O4S/c1-4-9-16-10-12(3)17-18(14,15)13-7-5-11(2)6-8-13/h4-8,12H,1,9-10H2,2-3H3/t12-/m1/s1. The van der Waals surface area contributed by atoms with Gasteiger partial charge in [-0.15, -0.1) is 6.58 Å². The van der Waals surface area contributed by atoms with Crippen molar-refractivity contribution in [2.24, 2.45) is 0 Å². The number of aryl methyl sites for hydroxylation is 1. The van der Waals surface area contributed by atoms with Crippen LogP contribution >= 0.6 is 0 Å². The first-order chi connectivity index (χ1) is 8.45. The molecule has 1 atom stereocenters. The van der Waals surface area contributed by atoms with Crippen LogP contribution in [0.15, 0.2) is 41.8 Å². The summed E-state index contributed by atoms with van der Waals surface area (Å²) in [6, 6.07) is 6.52. The van der Waals surface area contributed by atoms with Gasteiger partial charge in [0.2, 0.25) is 0 Å². The first-order valence-corrected chi connectivity index (χ1v) is 7.05. The summed E-state index contributed by atoms with van der Waals surface area (Å²) in [6.45, 7) is 7.62. The van der Waals surface area contributed by atoms with Crippen molar-refractivity contribution in [3.8, 4) is 0 Å². The highest BCUT2D eigenvalue weighted by molar-refractivity contribution is 7.86. The minimum atomic E-state index is -3.72. The molecule has 0 fully saturated rings. The smallest absolute Gasteiger partial charge is 0.297 e. The van der Waals surface area contributed by atoms with E-state index in [-0.39, 0.29) is 11.5 Å². The van der Waals surface area contributed by atoms with E-state index in [9.17, 15) is 8.42 Å². The zero-order valence-electron chi connectivity index (χ0n) is 10.6. The molecule has 100 valence electrons. The molecule has 0 aliphatic carbocycles. The van der Waals surface area contributed by atoms with E-state index in [1.165, 1.54) is 12.1 Å². The van der Waals surface area contributed by atoms with Crippen LogP contribution in [0.4, 0.5) is 0 Å². The van der Waals surface area contributed by atoms with Crippen LogP contribution in [0.25, 0.3) is 0 Å². The van der Waals surface area contributed by atoms with Gasteiger partial charge in [0.15, 0.2) is 0 Å². The van der Waals surface area contributed by atoms with Crippen molar-refractivity contribution in [1.29, 1.82) is 0 Å². The van der Waals surface area contributed by atoms with E-state index >= 15 is 0 Å². The van der Waals surface area contributed by atoms with Crippen LogP contribution in [-0.4, -0.2) is 27.7 Å². The lowest BCUT2D eigenvalue weighted by atomic mass is 10.2. The molecule has 0 amide bonds. The van der Waals surface area contributed by atoms with Crippen LogP contribution in [0.5, 0.6) is 0 Å². The third-order valence-electron chi connectivity index (χ3n) is 2.19. The maximum absolute atomic E-state index is 11.9. The summed E-state index contributed by atoms with van der Waals surface area (Å²) < 4.78 is 33.9. The molecule has 1 aromatic carbocycles. The first-order valence-electron chi connectivity index (χ1n) is 5.64. The van der Waals surface area contributed by atoms with Crippen LogP contribution in [0, 0.1) is 6.92 Å². The Labute approximate surface area is 108 Å². The highest BCUT2D eigenvalue weighted by atomic mass is 32.2. The van der Waals surface area contributed by atoms with Crippen molar-refractivity contribution in [2.75, 3.05) is 13.2 Å². The van der Waals surface area contributed by atoms with E-state index in [0.29, 0.717) is 6.61 Å². The molecule has 5 heteroatoms. The van der Waals surface area contributed by atoms with Crippen LogP contribution in [0.3, 0.4) is 0 Å². The third-order valence-corrected chi connectivity index (χ3v) is 3.62. The fourth-order valence-corrected chi connectivity index (χ4v) is 2.39. The predicted molar refractivity (Wildman–Crippen MR) is 69.9 cm³/mol. The summed E-state index contributed by atoms with van der Waals surface area (Å²) in [6.07, 6.45) is 1.07. The molecule has 0 saturated carbocycles. The molecule has 0 spiro atoms. The quantitative estimate of drug-likeness (QED) is 0.433. The second-order valence-electron chi connectivity index (χ2n) is 4.00. The maximum atomic E-state index is 11.9. The highest BCUT2D eigenvalue weighted by Gasteiger charge is 2.18. The van der Waals surface area contributed by atoms with E-state index in [4.69, 9.17) is 8.92 Å². The Hall–Kier alpha value is -1.17. The summed E-state index contributed by atoms with van der Waals surface area (Å²) in [7, 11) is -3.72. The lowest BCUT2D eigenvalue weighted by molar-refractivity contribution is 0.0772. The Morgan fingerprint density at radius 3 is 2.50 bits per heavy atom. The average Bonchev–Trinajstić information content (AvgIpc) is 2.29. The van der Waals surface area contributed by atoms with Crippen molar-refractivity contribution < 1.29 is 17.3 Å². The molecule has 0 saturated heterocycles. The summed E-state index contributed by atoms with van der Waals surface area (Å²) in [5, 5.41) is 0. The Morgan fingerprint density at radius 2 is 1.94 bits per heavy atom. The molecule has 0 unspecified atom stereocenters. The zero-order valence-corrected chi connectivity index (χ0v) is 11.4. The Bertz CT molecular complexity index is 476. The van der Waals surface area contributed by atoms with E-state index in [1.54, 1.807) is 25.1 Å². The van der Waals surface area contributed by atoms with E-state index in [0.717, 1.165) is 5.56 Å². The molecule has 0 aliphatic rings. The molecule has 1 aromatic rings. The monoisotopic (exact) mass is 270 g/mol. The van der Waals surface area contributed by atoms with Crippen molar-refractivity contribution in [3.05, 3.63) is 42.5 Å². The van der Waals surface area contributed by atoms with Gasteiger partial charge < -0.3 is 4.74 Å². The predicted octanol–water partition coefficient (Wildman–Crippen LogP) is 2.29. The zero-order chi connectivity index (χ0) is 13.6. The van der Waals surface area contributed by atoms with E-state index in [2.05, 4.69) is 6.58 Å². The molecule has 1 rings (SSSR count). The summed E-state index contributed by atoms with van der Waals surface area (Å²) in [4.78, 5) is 0.156. The van der Waals surface area contributed by atoms with Crippen molar-refractivity contribution in [1.82, 2.24) is 0 Å². The first kappa shape index (κ1) is 14.9. The summed E-state index contributed by atoms with van der Waals surface area (Å²) in [5.74, 6) is 0. The third kappa shape index (κ3) is 4.60. The fourth-order valence-electron chi connectivity index (χ4n) is 1.32. The normalized spacial score (nSPS) is 13.2. The number of rotatable bonds is 7. The van der Waals surface area contributed by atoms with Gasteiger partial charge in [-0.1, -0.05) is 23.8 Å². The van der Waals surface area contributed by atoms with Crippen LogP contribution in [-0.2, 0) is 19.0 Å². The number of hydrogen-bond acceptors (Lipinski definition) is 4. The van der Waals surface area contributed by atoms with Gasteiger partial charge in [-0.05, 0) is 26.0 Å². The molecule has 0 aliphatic heterocycles. The van der Waals surface area contributed by atoms with Gasteiger partial charge in [0.25, 0.3) is 10.1 Å². The van der Waals surface area contributed by atoms with Crippen molar-refractivity contribution >= 4 is 10.1 Å². The largest absolute Gasteiger partial charge is 0.375 e. The van der Waals surface area contributed by atoms with Gasteiger partial charge in [-0.25, -0.2) is 0 Å². The van der Waals surface area contributed by atoms with E-state index < -0.39 is 16.2 Å². The second-order valence-corrected chi connectivity index (χ2v) is 5.57. The van der Waals surface area contributed by atoms with Crippen LogP contribution in [0.2, 0.25) is 0 Å². The summed E-state index contributed by atoms with van der Waals surface area (Å²) >= 11 is 0. The summed E-state index contributed by atoms with van der Waals surface area (Å²) in [5.41, 5.74) is 0.997. The molecule has 4 nitrogen and oxygen atoms in total. The van der Waals surface area contributed by atoms with Crippen LogP contribution in [0.1, 0.15) is 12.5 Å². The van der Waals surface area contributed by atoms with Gasteiger partial charge >= 0.3 is 0 Å². The van der Waals surface area contributed by atoms with Crippen molar-refractivity contribution in [2.45, 2.75) is 24.8 Å². The Morgan fingerprint density at radius 1 is 1.33 bits per heavy atom. The molecule has 18 heavy (non-hydrogen) atoms. The molecular weight excluding hydrogens is 252 g/mol. The minimum Gasteiger partial charge on any atom is -0.375 e. The SMILES string of the molecule is C=CCOC[C@@H](C)OS(=O)(=O)c1ccc(C)cc1. The molecule has 0 bridgehead atoms. The lowest BCUT2D eigenvalue weighted by Crippen LogP contribution is -2.20. The molecule has 0 heterocycles. The van der Waals surface area contributed by atoms with E-state index in [1.807, 2.05) is 6.92 Å². The number of ether oxygens (including phenoxy) is 1. The van der Waals surface area contributed by atoms with Gasteiger partial charge in [0, 0.05) is 0 Å². The van der Waals surface area contributed by atoms with Crippen LogP contribution < -0.4 is 0 Å². The number of hydrogen-bond donors (Lipinski definition) is 0. The Kier molecular flexibility index (Phi) is 5.53. The average molecular weight is 270 g/mol.